The van der Waals surface area contributed by atoms with Gasteiger partial charge >= 0.3 is 0 Å². The molecule has 0 spiro atoms. The molecule has 161 valence electrons. The van der Waals surface area contributed by atoms with Gasteiger partial charge in [-0.25, -0.2) is 0 Å². The summed E-state index contributed by atoms with van der Waals surface area (Å²) in [5.74, 6) is 0.551. The Balaban J connectivity index is 1.58. The Morgan fingerprint density at radius 1 is 0.968 bits per heavy atom. The average molecular weight is 430 g/mol. The van der Waals surface area contributed by atoms with Gasteiger partial charge in [-0.1, -0.05) is 69.3 Å². The van der Waals surface area contributed by atoms with E-state index >= 15 is 0 Å². The first-order valence-electron chi connectivity index (χ1n) is 11.3. The molecule has 0 N–H and O–H groups in total. The highest BCUT2D eigenvalue weighted by molar-refractivity contribution is 6.48. The van der Waals surface area contributed by atoms with E-state index in [-0.39, 0.29) is 17.4 Å². The first kappa shape index (κ1) is 22.0. The Bertz CT molecular complexity index is 1090. The minimum absolute atomic E-state index is 0.115. The van der Waals surface area contributed by atoms with Crippen LogP contribution in [0.25, 0.3) is 21.9 Å². The number of hydrogen-bond acceptors (Lipinski definition) is 2. The Hall–Kier alpha value is -2.23. The summed E-state index contributed by atoms with van der Waals surface area (Å²) >= 11 is 0. The molecule has 4 rings (SSSR count). The van der Waals surface area contributed by atoms with Crippen LogP contribution in [0.15, 0.2) is 60.7 Å². The summed E-state index contributed by atoms with van der Waals surface area (Å²) < 4.78 is 6.33. The van der Waals surface area contributed by atoms with Gasteiger partial charge in [0, 0.05) is 11.5 Å². The third-order valence-corrected chi connectivity index (χ3v) is 6.85. The molecule has 0 saturated heterocycles. The number of Topliss-reactive ketones (excluding diaryl/α,β-unsaturated/α-hetero) is 1. The average Bonchev–Trinajstić information content (AvgIpc) is 3.57. The van der Waals surface area contributed by atoms with Gasteiger partial charge in [-0.2, -0.15) is 0 Å². The normalized spacial score (nSPS) is 15.4. The predicted molar refractivity (Wildman–Crippen MR) is 132 cm³/mol. The van der Waals surface area contributed by atoms with Crippen molar-refractivity contribution in [3.8, 4) is 11.1 Å². The van der Waals surface area contributed by atoms with Crippen molar-refractivity contribution in [3.05, 3.63) is 71.8 Å². The SMILES string of the molecule is C[Si](C)OC(Cc1ccc2cc(-c3cccc(C(=O)C4CC4)c3)ccc2c1)C(C)(C)C. The van der Waals surface area contributed by atoms with Crippen molar-refractivity contribution in [3.63, 3.8) is 0 Å². The summed E-state index contributed by atoms with van der Waals surface area (Å²) in [5.41, 5.74) is 4.55. The van der Waals surface area contributed by atoms with E-state index in [1.165, 1.54) is 16.3 Å². The molecule has 2 nitrogen and oxygen atoms in total. The Kier molecular flexibility index (Phi) is 6.18. The third-order valence-electron chi connectivity index (χ3n) is 6.10. The van der Waals surface area contributed by atoms with Crippen molar-refractivity contribution in [1.29, 1.82) is 0 Å². The maximum Gasteiger partial charge on any atom is 0.205 e. The molecule has 0 bridgehead atoms. The number of benzene rings is 3. The van der Waals surface area contributed by atoms with Crippen molar-refractivity contribution in [2.24, 2.45) is 11.3 Å². The van der Waals surface area contributed by atoms with Crippen LogP contribution in [0.5, 0.6) is 0 Å². The van der Waals surface area contributed by atoms with Crippen molar-refractivity contribution < 1.29 is 9.22 Å². The summed E-state index contributed by atoms with van der Waals surface area (Å²) in [6, 6.07) is 21.5. The molecule has 1 aliphatic rings. The summed E-state index contributed by atoms with van der Waals surface area (Å²) in [6.07, 6.45) is 3.24. The van der Waals surface area contributed by atoms with Gasteiger partial charge in [0.25, 0.3) is 0 Å². The number of ketones is 1. The van der Waals surface area contributed by atoms with Crippen molar-refractivity contribution in [2.45, 2.75) is 59.2 Å². The molecule has 1 saturated carbocycles. The first-order chi connectivity index (χ1) is 14.7. The standard InChI is InChI=1S/C28H33O2Si/c1-28(2,3)26(30-31(4)5)16-19-9-10-23-17-24(14-13-22(23)15-19)21-7-6-8-25(18-21)27(29)20-11-12-20/h6-10,13-15,17-18,20,26H,11-12,16H2,1-5H3. The molecule has 3 aromatic carbocycles. The van der Waals surface area contributed by atoms with Gasteiger partial charge in [0.15, 0.2) is 5.78 Å². The molecule has 1 aliphatic carbocycles. The molecular weight excluding hydrogens is 396 g/mol. The van der Waals surface area contributed by atoms with Gasteiger partial charge in [0.1, 0.15) is 0 Å². The van der Waals surface area contributed by atoms with E-state index in [1.807, 2.05) is 12.1 Å². The molecule has 3 heteroatoms. The molecule has 0 heterocycles. The van der Waals surface area contributed by atoms with Crippen molar-refractivity contribution >= 4 is 25.6 Å². The van der Waals surface area contributed by atoms with E-state index in [9.17, 15) is 4.79 Å². The Morgan fingerprint density at radius 2 is 1.65 bits per heavy atom. The monoisotopic (exact) mass is 429 g/mol. The van der Waals surface area contributed by atoms with Crippen LogP contribution in [0, 0.1) is 11.3 Å². The van der Waals surface area contributed by atoms with E-state index in [1.54, 1.807) is 0 Å². The lowest BCUT2D eigenvalue weighted by Crippen LogP contribution is -2.35. The highest BCUT2D eigenvalue weighted by Crippen LogP contribution is 2.34. The maximum absolute atomic E-state index is 12.5. The minimum atomic E-state index is -0.748. The van der Waals surface area contributed by atoms with Gasteiger partial charge in [0.2, 0.25) is 9.04 Å². The second-order valence-corrected chi connectivity index (χ2v) is 12.3. The zero-order valence-electron chi connectivity index (χ0n) is 19.4. The quantitative estimate of drug-likeness (QED) is 0.290. The lowest BCUT2D eigenvalue weighted by molar-refractivity contribution is 0.0868. The van der Waals surface area contributed by atoms with Gasteiger partial charge in [-0.05, 0) is 77.4 Å². The minimum Gasteiger partial charge on any atom is -0.413 e. The fraction of sp³-hybridized carbons (Fsp3) is 0.393. The van der Waals surface area contributed by atoms with Crippen molar-refractivity contribution in [1.82, 2.24) is 0 Å². The third kappa shape index (κ3) is 5.34. The van der Waals surface area contributed by atoms with E-state index in [0.29, 0.717) is 5.78 Å². The fourth-order valence-electron chi connectivity index (χ4n) is 4.06. The largest absolute Gasteiger partial charge is 0.413 e. The molecule has 0 aliphatic heterocycles. The van der Waals surface area contributed by atoms with E-state index in [2.05, 4.69) is 82.4 Å². The van der Waals surface area contributed by atoms with Crippen LogP contribution >= 0.6 is 0 Å². The Morgan fingerprint density at radius 3 is 2.32 bits per heavy atom. The van der Waals surface area contributed by atoms with Crippen LogP contribution in [0.2, 0.25) is 13.1 Å². The molecule has 0 amide bonds. The van der Waals surface area contributed by atoms with Gasteiger partial charge in [0.05, 0.1) is 6.10 Å². The molecule has 1 radical (unpaired) electrons. The first-order valence-corrected chi connectivity index (χ1v) is 13.8. The second kappa shape index (κ2) is 8.72. The fourth-order valence-corrected chi connectivity index (χ4v) is 5.06. The second-order valence-electron chi connectivity index (χ2n) is 10.2. The molecule has 0 aromatic heterocycles. The van der Waals surface area contributed by atoms with Crippen molar-refractivity contribution in [2.75, 3.05) is 0 Å². The van der Waals surface area contributed by atoms with E-state index in [4.69, 9.17) is 4.43 Å². The van der Waals surface area contributed by atoms with Crippen LogP contribution in [0.4, 0.5) is 0 Å². The number of fused-ring (bicyclic) bond motifs is 1. The summed E-state index contributed by atoms with van der Waals surface area (Å²) in [4.78, 5) is 12.5. The number of rotatable bonds is 7. The number of carbonyl (C=O) groups is 1. The van der Waals surface area contributed by atoms with E-state index in [0.717, 1.165) is 36.0 Å². The van der Waals surface area contributed by atoms with E-state index < -0.39 is 9.04 Å². The molecule has 1 atom stereocenters. The predicted octanol–water partition coefficient (Wildman–Crippen LogP) is 7.32. The topological polar surface area (TPSA) is 26.3 Å². The highest BCUT2D eigenvalue weighted by Gasteiger charge is 2.30. The summed E-state index contributed by atoms with van der Waals surface area (Å²) in [5, 5.41) is 2.47. The zero-order chi connectivity index (χ0) is 22.2. The van der Waals surface area contributed by atoms with Crippen LogP contribution < -0.4 is 0 Å². The molecule has 3 aromatic rings. The Labute approximate surface area is 188 Å². The van der Waals surface area contributed by atoms with Crippen LogP contribution in [-0.2, 0) is 10.8 Å². The lowest BCUT2D eigenvalue weighted by Gasteiger charge is -2.32. The van der Waals surface area contributed by atoms with Crippen LogP contribution in [0.3, 0.4) is 0 Å². The van der Waals surface area contributed by atoms with Gasteiger partial charge in [-0.3, -0.25) is 4.79 Å². The van der Waals surface area contributed by atoms with Gasteiger partial charge < -0.3 is 4.43 Å². The zero-order valence-corrected chi connectivity index (χ0v) is 20.4. The molecule has 1 unspecified atom stereocenters. The lowest BCUT2D eigenvalue weighted by atomic mass is 9.85. The number of carbonyl (C=O) groups excluding carboxylic acids is 1. The highest BCUT2D eigenvalue weighted by atomic mass is 28.3. The maximum atomic E-state index is 12.5. The van der Waals surface area contributed by atoms with Crippen LogP contribution in [-0.4, -0.2) is 20.9 Å². The molecular formula is C28H33O2Si. The van der Waals surface area contributed by atoms with Gasteiger partial charge in [-0.15, -0.1) is 0 Å². The van der Waals surface area contributed by atoms with Crippen LogP contribution in [0.1, 0.15) is 49.5 Å². The molecule has 1 fully saturated rings. The number of hydrogen-bond donors (Lipinski definition) is 0. The summed E-state index contributed by atoms with van der Waals surface area (Å²) in [6.45, 7) is 11.2. The smallest absolute Gasteiger partial charge is 0.205 e. The summed E-state index contributed by atoms with van der Waals surface area (Å²) in [7, 11) is -0.748. The molecule has 31 heavy (non-hydrogen) atoms.